The average Bonchev–Trinajstić information content (AvgIpc) is 3.22. The van der Waals surface area contributed by atoms with Crippen molar-refractivity contribution in [1.82, 2.24) is 24.8 Å². The summed E-state index contributed by atoms with van der Waals surface area (Å²) in [6.07, 6.45) is 3.07. The number of hydrogen-bond donors (Lipinski definition) is 1. The zero-order chi connectivity index (χ0) is 21.3. The molecule has 1 aliphatic rings. The van der Waals surface area contributed by atoms with Crippen LogP contribution in [0.4, 0.5) is 4.39 Å². The molecule has 10 nitrogen and oxygen atoms in total. The van der Waals surface area contributed by atoms with Gasteiger partial charge in [-0.15, -0.1) is 0 Å². The van der Waals surface area contributed by atoms with E-state index in [1.54, 1.807) is 0 Å². The van der Waals surface area contributed by atoms with Gasteiger partial charge in [0.05, 0.1) is 15.9 Å². The van der Waals surface area contributed by atoms with Gasteiger partial charge in [0.25, 0.3) is 0 Å². The molecule has 1 N–H and O–H groups in total. The molecule has 2 aromatic heterocycles. The molecule has 13 heteroatoms. The van der Waals surface area contributed by atoms with Crippen molar-refractivity contribution in [2.75, 3.05) is 5.75 Å². The molecule has 0 saturated heterocycles. The molecule has 4 rings (SSSR count). The summed E-state index contributed by atoms with van der Waals surface area (Å²) < 4.78 is 50.9. The van der Waals surface area contributed by atoms with E-state index in [-0.39, 0.29) is 27.8 Å². The molecular weight excluding hydrogens is 485 g/mol. The second-order valence-electron chi connectivity index (χ2n) is 6.93. The van der Waals surface area contributed by atoms with Gasteiger partial charge in [-0.25, -0.2) is 31.5 Å². The van der Waals surface area contributed by atoms with Gasteiger partial charge in [-0.2, -0.15) is 0 Å². The smallest absolute Gasteiger partial charge is 0.295 e. The van der Waals surface area contributed by atoms with E-state index in [9.17, 15) is 17.6 Å². The van der Waals surface area contributed by atoms with Gasteiger partial charge in [-0.1, -0.05) is 10.3 Å². The number of hydrogen-bond acceptors (Lipinski definition) is 8. The van der Waals surface area contributed by atoms with E-state index in [2.05, 4.69) is 36.1 Å². The highest BCUT2D eigenvalue weighted by Crippen LogP contribution is 2.25. The van der Waals surface area contributed by atoms with Crippen LogP contribution in [0.1, 0.15) is 31.4 Å². The number of aryl methyl sites for hydroxylation is 1. The predicted octanol–water partition coefficient (Wildman–Crippen LogP) is 2.18. The normalized spacial score (nSPS) is 14.3. The van der Waals surface area contributed by atoms with Crippen LogP contribution in [0.15, 0.2) is 36.6 Å². The molecule has 160 valence electrons. The van der Waals surface area contributed by atoms with E-state index < -0.39 is 21.6 Å². The van der Waals surface area contributed by atoms with E-state index in [4.69, 9.17) is 9.15 Å². The highest BCUT2D eigenvalue weighted by Gasteiger charge is 2.27. The van der Waals surface area contributed by atoms with Crippen LogP contribution in [-0.4, -0.2) is 40.2 Å². The van der Waals surface area contributed by atoms with Crippen LogP contribution in [0.3, 0.4) is 0 Å². The Labute approximate surface area is 178 Å². The fraction of sp³-hybridized carbons (Fsp3) is 0.412. The zero-order valence-corrected chi connectivity index (χ0v) is 17.9. The topological polar surface area (TPSA) is 133 Å². The summed E-state index contributed by atoms with van der Waals surface area (Å²) in [5, 5.41) is 11.4. The van der Waals surface area contributed by atoms with Crippen molar-refractivity contribution in [3.8, 4) is 17.2 Å². The molecule has 1 fully saturated rings. The van der Waals surface area contributed by atoms with Crippen molar-refractivity contribution < 1.29 is 22.0 Å². The SMILES string of the molecule is O=c1onc(-c2nonc2CCCCS(=O)(=O)NC2CC2)n1-c1ccc(F)c(Br)c1. The fourth-order valence-corrected chi connectivity index (χ4v) is 4.70. The van der Waals surface area contributed by atoms with E-state index in [1.165, 1.54) is 18.2 Å². The molecule has 3 aromatic rings. The third kappa shape index (κ3) is 4.68. The average molecular weight is 502 g/mol. The Kier molecular flexibility index (Phi) is 5.84. The summed E-state index contributed by atoms with van der Waals surface area (Å²) in [7, 11) is -3.29. The number of nitrogens with one attached hydrogen (secondary N) is 1. The van der Waals surface area contributed by atoms with Gasteiger partial charge in [-0.3, -0.25) is 4.52 Å². The fourth-order valence-electron chi connectivity index (χ4n) is 2.89. The van der Waals surface area contributed by atoms with Crippen LogP contribution >= 0.6 is 15.9 Å². The number of unbranched alkanes of at least 4 members (excludes halogenated alkanes) is 1. The molecular formula is C17H17BrFN5O5S. The van der Waals surface area contributed by atoms with Gasteiger partial charge in [0.1, 0.15) is 11.5 Å². The van der Waals surface area contributed by atoms with E-state index in [0.717, 1.165) is 17.4 Å². The minimum absolute atomic E-state index is 0.0163. The number of nitrogens with zero attached hydrogens (tertiary/aromatic N) is 4. The lowest BCUT2D eigenvalue weighted by atomic mass is 10.1. The number of halogens is 2. The third-order valence-electron chi connectivity index (χ3n) is 4.53. The Morgan fingerprint density at radius 3 is 2.77 bits per heavy atom. The summed E-state index contributed by atoms with van der Waals surface area (Å²) >= 11 is 3.08. The number of rotatable bonds is 9. The maximum absolute atomic E-state index is 13.6. The van der Waals surface area contributed by atoms with Crippen molar-refractivity contribution in [2.45, 2.75) is 38.1 Å². The summed E-state index contributed by atoms with van der Waals surface area (Å²) in [6, 6.07) is 4.08. The molecule has 0 radical (unpaired) electrons. The van der Waals surface area contributed by atoms with Gasteiger partial charge >= 0.3 is 5.76 Å². The standard InChI is InChI=1S/C17H17BrFN5O5S/c18-12-9-11(6-7-13(12)19)24-16(22-28-17(24)25)15-14(20-29-21-15)3-1-2-8-30(26,27)23-10-4-5-10/h6-7,9-10,23H,1-5,8H2. The summed E-state index contributed by atoms with van der Waals surface area (Å²) in [5.74, 6) is -1.20. The summed E-state index contributed by atoms with van der Waals surface area (Å²) in [6.45, 7) is 0. The highest BCUT2D eigenvalue weighted by molar-refractivity contribution is 9.10. The Hall–Kier alpha value is -2.38. The van der Waals surface area contributed by atoms with Crippen LogP contribution < -0.4 is 10.5 Å². The molecule has 0 bridgehead atoms. The zero-order valence-electron chi connectivity index (χ0n) is 15.5. The summed E-state index contributed by atoms with van der Waals surface area (Å²) in [5.41, 5.74) is 0.918. The number of sulfonamides is 1. The molecule has 1 aromatic carbocycles. The van der Waals surface area contributed by atoms with E-state index in [1.807, 2.05) is 0 Å². The van der Waals surface area contributed by atoms with Crippen LogP contribution in [0.25, 0.3) is 17.2 Å². The molecule has 0 spiro atoms. The van der Waals surface area contributed by atoms with Gasteiger partial charge in [-0.05, 0) is 71.4 Å². The van der Waals surface area contributed by atoms with Gasteiger partial charge in [0.2, 0.25) is 15.8 Å². The van der Waals surface area contributed by atoms with Crippen LogP contribution in [0.5, 0.6) is 0 Å². The number of aromatic nitrogens is 4. The monoisotopic (exact) mass is 501 g/mol. The minimum atomic E-state index is -3.29. The lowest BCUT2D eigenvalue weighted by Crippen LogP contribution is -2.28. The van der Waals surface area contributed by atoms with Crippen LogP contribution in [0, 0.1) is 5.82 Å². The van der Waals surface area contributed by atoms with Crippen LogP contribution in [0.2, 0.25) is 0 Å². The lowest BCUT2D eigenvalue weighted by molar-refractivity contribution is 0.303. The summed E-state index contributed by atoms with van der Waals surface area (Å²) in [4.78, 5) is 12.2. The van der Waals surface area contributed by atoms with Gasteiger partial charge in [0.15, 0.2) is 5.69 Å². The van der Waals surface area contributed by atoms with Crippen molar-refractivity contribution >= 4 is 26.0 Å². The molecule has 1 saturated carbocycles. The molecule has 0 amide bonds. The lowest BCUT2D eigenvalue weighted by Gasteiger charge is -2.05. The molecule has 1 aliphatic carbocycles. The first-order chi connectivity index (χ1) is 14.3. The quantitative estimate of drug-likeness (QED) is 0.441. The first-order valence-electron chi connectivity index (χ1n) is 9.20. The molecule has 0 unspecified atom stereocenters. The first kappa shape index (κ1) is 20.9. The van der Waals surface area contributed by atoms with Gasteiger partial charge < -0.3 is 0 Å². The largest absolute Gasteiger partial charge is 0.446 e. The second kappa shape index (κ2) is 8.40. The predicted molar refractivity (Wildman–Crippen MR) is 106 cm³/mol. The molecule has 0 atom stereocenters. The molecule has 2 heterocycles. The maximum atomic E-state index is 13.6. The van der Waals surface area contributed by atoms with Crippen molar-refractivity contribution in [3.05, 3.63) is 44.7 Å². The Balaban J connectivity index is 1.49. The minimum Gasteiger partial charge on any atom is -0.295 e. The maximum Gasteiger partial charge on any atom is 0.446 e. The third-order valence-corrected chi connectivity index (χ3v) is 6.66. The Morgan fingerprint density at radius 1 is 1.23 bits per heavy atom. The Morgan fingerprint density at radius 2 is 2.03 bits per heavy atom. The van der Waals surface area contributed by atoms with Gasteiger partial charge in [0, 0.05) is 6.04 Å². The van der Waals surface area contributed by atoms with Crippen LogP contribution in [-0.2, 0) is 16.4 Å². The van der Waals surface area contributed by atoms with E-state index in [0.29, 0.717) is 30.6 Å². The Bertz CT molecular complexity index is 1220. The van der Waals surface area contributed by atoms with Crippen molar-refractivity contribution in [1.29, 1.82) is 0 Å². The number of benzene rings is 1. The van der Waals surface area contributed by atoms with Crippen molar-refractivity contribution in [3.63, 3.8) is 0 Å². The van der Waals surface area contributed by atoms with Crippen molar-refractivity contribution in [2.24, 2.45) is 0 Å². The molecule has 30 heavy (non-hydrogen) atoms. The molecule has 0 aliphatic heterocycles. The highest BCUT2D eigenvalue weighted by atomic mass is 79.9. The second-order valence-corrected chi connectivity index (χ2v) is 9.66. The van der Waals surface area contributed by atoms with E-state index >= 15 is 0 Å². The first-order valence-corrected chi connectivity index (χ1v) is 11.6.